The van der Waals surface area contributed by atoms with Gasteiger partial charge in [0.2, 0.25) is 0 Å². The molecule has 6 nitrogen and oxygen atoms in total. The third kappa shape index (κ3) is 4.10. The van der Waals surface area contributed by atoms with Crippen LogP contribution in [-0.4, -0.2) is 23.0 Å². The summed E-state index contributed by atoms with van der Waals surface area (Å²) in [4.78, 5) is 20.2. The monoisotopic (exact) mass is 356 g/mol. The number of ether oxygens (including phenoxy) is 1. The van der Waals surface area contributed by atoms with Gasteiger partial charge in [0.1, 0.15) is 23.6 Å². The zero-order valence-corrected chi connectivity index (χ0v) is 13.7. The fourth-order valence-corrected chi connectivity index (χ4v) is 2.17. The number of carbonyl (C=O) groups excluding carboxylic acids is 1. The van der Waals surface area contributed by atoms with Crippen molar-refractivity contribution in [1.82, 2.24) is 9.97 Å². The second-order valence-corrected chi connectivity index (χ2v) is 5.23. The highest BCUT2D eigenvalue weighted by molar-refractivity contribution is 6.03. The first-order valence-corrected chi connectivity index (χ1v) is 7.54. The van der Waals surface area contributed by atoms with Crippen LogP contribution >= 0.6 is 0 Å². The molecule has 0 spiro atoms. The first kappa shape index (κ1) is 17.3. The van der Waals surface area contributed by atoms with Gasteiger partial charge in [0.05, 0.1) is 7.11 Å². The fraction of sp³-hybridized carbons (Fsp3) is 0.0556. The molecule has 1 amide bonds. The molecule has 26 heavy (non-hydrogen) atoms. The summed E-state index contributed by atoms with van der Waals surface area (Å²) in [6, 6.07) is 11.6. The van der Waals surface area contributed by atoms with E-state index in [1.54, 1.807) is 24.3 Å². The molecule has 3 rings (SSSR count). The van der Waals surface area contributed by atoms with Gasteiger partial charge in [0.25, 0.3) is 5.91 Å². The largest absolute Gasteiger partial charge is 0.497 e. The number of aromatic nitrogens is 2. The third-order valence-electron chi connectivity index (χ3n) is 3.42. The topological polar surface area (TPSA) is 76.1 Å². The molecule has 2 N–H and O–H groups in total. The Hall–Kier alpha value is -3.55. The Labute approximate surface area is 147 Å². The van der Waals surface area contributed by atoms with Gasteiger partial charge in [0.15, 0.2) is 11.6 Å². The standard InChI is InChI=1S/C18H14F2N4O2/c1-26-13-4-2-3-11(7-13)24-18(25)16-9-17(22-10-21-16)23-12-5-6-14(19)15(20)8-12/h2-10H,1H3,(H,24,25)(H,21,22,23). The number of rotatable bonds is 5. The predicted molar refractivity (Wildman–Crippen MR) is 92.6 cm³/mol. The molecule has 0 aliphatic rings. The Morgan fingerprint density at radius 3 is 2.62 bits per heavy atom. The molecule has 8 heteroatoms. The Kier molecular flexibility index (Phi) is 5.02. The van der Waals surface area contributed by atoms with Crippen molar-refractivity contribution in [1.29, 1.82) is 0 Å². The molecule has 0 atom stereocenters. The van der Waals surface area contributed by atoms with E-state index in [0.29, 0.717) is 17.1 Å². The lowest BCUT2D eigenvalue weighted by molar-refractivity contribution is 0.102. The quantitative estimate of drug-likeness (QED) is 0.728. The number of nitrogens with one attached hydrogen (secondary N) is 2. The normalized spacial score (nSPS) is 10.3. The first-order chi connectivity index (χ1) is 12.5. The van der Waals surface area contributed by atoms with Crippen LogP contribution in [0.5, 0.6) is 5.75 Å². The van der Waals surface area contributed by atoms with E-state index in [1.165, 1.54) is 25.6 Å². The Balaban J connectivity index is 1.75. The number of halogens is 2. The van der Waals surface area contributed by atoms with Crippen LogP contribution in [0.4, 0.5) is 26.0 Å². The minimum Gasteiger partial charge on any atom is -0.497 e. The van der Waals surface area contributed by atoms with Crippen LogP contribution in [0.25, 0.3) is 0 Å². The molecule has 0 fully saturated rings. The van der Waals surface area contributed by atoms with Crippen molar-refractivity contribution in [3.05, 3.63) is 72.2 Å². The molecule has 0 bridgehead atoms. The van der Waals surface area contributed by atoms with Crippen molar-refractivity contribution in [2.24, 2.45) is 0 Å². The predicted octanol–water partition coefficient (Wildman–Crippen LogP) is 3.76. The second-order valence-electron chi connectivity index (χ2n) is 5.23. The molecule has 1 heterocycles. The SMILES string of the molecule is COc1cccc(NC(=O)c2cc(Nc3ccc(F)c(F)c3)ncn2)c1. The molecule has 0 saturated carbocycles. The summed E-state index contributed by atoms with van der Waals surface area (Å²) in [5.41, 5.74) is 0.942. The van der Waals surface area contributed by atoms with Crippen molar-refractivity contribution >= 4 is 23.1 Å². The van der Waals surface area contributed by atoms with Gasteiger partial charge in [-0.15, -0.1) is 0 Å². The van der Waals surface area contributed by atoms with Crippen LogP contribution in [0.1, 0.15) is 10.5 Å². The number of carbonyl (C=O) groups is 1. The van der Waals surface area contributed by atoms with Gasteiger partial charge in [-0.05, 0) is 24.3 Å². The van der Waals surface area contributed by atoms with E-state index >= 15 is 0 Å². The van der Waals surface area contributed by atoms with E-state index in [-0.39, 0.29) is 11.5 Å². The lowest BCUT2D eigenvalue weighted by Crippen LogP contribution is -2.14. The Morgan fingerprint density at radius 1 is 1.00 bits per heavy atom. The summed E-state index contributed by atoms with van der Waals surface area (Å²) in [6.07, 6.45) is 1.20. The number of methoxy groups -OCH3 is 1. The van der Waals surface area contributed by atoms with Gasteiger partial charge in [0, 0.05) is 29.6 Å². The van der Waals surface area contributed by atoms with Gasteiger partial charge in [-0.3, -0.25) is 4.79 Å². The van der Waals surface area contributed by atoms with E-state index in [4.69, 9.17) is 4.74 Å². The number of nitrogens with zero attached hydrogens (tertiary/aromatic N) is 2. The lowest BCUT2D eigenvalue weighted by Gasteiger charge is -2.09. The van der Waals surface area contributed by atoms with Crippen LogP contribution in [0, 0.1) is 11.6 Å². The average Bonchev–Trinajstić information content (AvgIpc) is 2.65. The highest BCUT2D eigenvalue weighted by Crippen LogP contribution is 2.19. The highest BCUT2D eigenvalue weighted by Gasteiger charge is 2.10. The van der Waals surface area contributed by atoms with Crippen molar-refractivity contribution < 1.29 is 18.3 Å². The lowest BCUT2D eigenvalue weighted by atomic mass is 10.2. The summed E-state index contributed by atoms with van der Waals surface area (Å²) in [5.74, 6) is -1.52. The summed E-state index contributed by atoms with van der Waals surface area (Å²) >= 11 is 0. The molecular weight excluding hydrogens is 342 g/mol. The van der Waals surface area contributed by atoms with E-state index in [0.717, 1.165) is 12.1 Å². The molecule has 3 aromatic rings. The molecule has 1 aromatic heterocycles. The van der Waals surface area contributed by atoms with E-state index < -0.39 is 17.5 Å². The summed E-state index contributed by atoms with van der Waals surface area (Å²) in [5, 5.41) is 5.49. The number of benzene rings is 2. The Bertz CT molecular complexity index is 950. The molecule has 0 radical (unpaired) electrons. The zero-order chi connectivity index (χ0) is 18.5. The van der Waals surface area contributed by atoms with Crippen molar-refractivity contribution in [3.63, 3.8) is 0 Å². The molecule has 132 valence electrons. The number of hydrogen-bond donors (Lipinski definition) is 2. The second kappa shape index (κ2) is 7.56. The molecule has 2 aromatic carbocycles. The molecule has 0 unspecified atom stereocenters. The van der Waals surface area contributed by atoms with Crippen LogP contribution in [-0.2, 0) is 0 Å². The zero-order valence-electron chi connectivity index (χ0n) is 13.7. The average molecular weight is 356 g/mol. The van der Waals surface area contributed by atoms with Gasteiger partial charge >= 0.3 is 0 Å². The van der Waals surface area contributed by atoms with Crippen LogP contribution in [0.2, 0.25) is 0 Å². The smallest absolute Gasteiger partial charge is 0.274 e. The molecule has 0 saturated heterocycles. The third-order valence-corrected chi connectivity index (χ3v) is 3.42. The number of amides is 1. The minimum atomic E-state index is -0.986. The van der Waals surface area contributed by atoms with Crippen LogP contribution < -0.4 is 15.4 Å². The maximum atomic E-state index is 13.3. The van der Waals surface area contributed by atoms with E-state index in [2.05, 4.69) is 20.6 Å². The summed E-state index contributed by atoms with van der Waals surface area (Å²) in [6.45, 7) is 0. The number of hydrogen-bond acceptors (Lipinski definition) is 5. The molecular formula is C18H14F2N4O2. The number of anilines is 3. The summed E-state index contributed by atoms with van der Waals surface area (Å²) < 4.78 is 31.4. The van der Waals surface area contributed by atoms with Crippen LogP contribution in [0.15, 0.2) is 54.9 Å². The van der Waals surface area contributed by atoms with Crippen molar-refractivity contribution in [3.8, 4) is 5.75 Å². The Morgan fingerprint density at radius 2 is 1.85 bits per heavy atom. The highest BCUT2D eigenvalue weighted by atomic mass is 19.2. The maximum absolute atomic E-state index is 13.3. The maximum Gasteiger partial charge on any atom is 0.274 e. The molecule has 0 aliphatic carbocycles. The van der Waals surface area contributed by atoms with Gasteiger partial charge in [-0.1, -0.05) is 6.07 Å². The van der Waals surface area contributed by atoms with Gasteiger partial charge in [-0.25, -0.2) is 18.7 Å². The van der Waals surface area contributed by atoms with E-state index in [9.17, 15) is 13.6 Å². The van der Waals surface area contributed by atoms with E-state index in [1.807, 2.05) is 0 Å². The van der Waals surface area contributed by atoms with Gasteiger partial charge in [-0.2, -0.15) is 0 Å². The molecule has 0 aliphatic heterocycles. The fourth-order valence-electron chi connectivity index (χ4n) is 2.17. The minimum absolute atomic E-state index is 0.105. The van der Waals surface area contributed by atoms with Gasteiger partial charge < -0.3 is 15.4 Å². The first-order valence-electron chi connectivity index (χ1n) is 7.54. The van der Waals surface area contributed by atoms with Crippen molar-refractivity contribution in [2.75, 3.05) is 17.7 Å². The van der Waals surface area contributed by atoms with Crippen molar-refractivity contribution in [2.45, 2.75) is 0 Å². The van der Waals surface area contributed by atoms with Crippen LogP contribution in [0.3, 0.4) is 0 Å². The summed E-state index contributed by atoms with van der Waals surface area (Å²) in [7, 11) is 1.53.